The maximum atomic E-state index is 12.2. The van der Waals surface area contributed by atoms with Gasteiger partial charge >= 0.3 is 11.8 Å². The van der Waals surface area contributed by atoms with Gasteiger partial charge in [-0.15, -0.1) is 0 Å². The first-order valence-electron chi connectivity index (χ1n) is 7.64. The van der Waals surface area contributed by atoms with Crippen molar-refractivity contribution in [3.05, 3.63) is 71.2 Å². The minimum Gasteiger partial charge on any atom is -0.361 e. The van der Waals surface area contributed by atoms with Crippen LogP contribution in [0.25, 0.3) is 22.3 Å². The average Bonchev–Trinajstić information content (AvgIpc) is 3.30. The Bertz CT molecular complexity index is 1050. The third kappa shape index (κ3) is 2.99. The van der Waals surface area contributed by atoms with E-state index in [1.807, 2.05) is 48.7 Å². The van der Waals surface area contributed by atoms with Crippen LogP contribution < -0.4 is 5.32 Å². The van der Waals surface area contributed by atoms with Crippen LogP contribution in [0.4, 0.5) is 0 Å². The van der Waals surface area contributed by atoms with Crippen molar-refractivity contribution in [2.24, 2.45) is 0 Å². The van der Waals surface area contributed by atoms with Crippen molar-refractivity contribution in [1.29, 1.82) is 0 Å². The fourth-order valence-corrected chi connectivity index (χ4v) is 2.80. The highest BCUT2D eigenvalue weighted by Crippen LogP contribution is 2.25. The Kier molecular flexibility index (Phi) is 3.95. The molecule has 0 saturated carbocycles. The van der Waals surface area contributed by atoms with Crippen molar-refractivity contribution in [1.82, 2.24) is 20.4 Å². The quantitative estimate of drug-likeness (QED) is 0.585. The van der Waals surface area contributed by atoms with E-state index in [9.17, 15) is 4.79 Å². The predicted molar refractivity (Wildman–Crippen MR) is 94.2 cm³/mol. The number of hydrogen-bond acceptors (Lipinski definition) is 4. The van der Waals surface area contributed by atoms with Crippen molar-refractivity contribution < 1.29 is 9.32 Å². The van der Waals surface area contributed by atoms with Crippen LogP contribution in [0, 0.1) is 0 Å². The van der Waals surface area contributed by atoms with Gasteiger partial charge in [-0.3, -0.25) is 4.79 Å². The van der Waals surface area contributed by atoms with E-state index in [0.29, 0.717) is 10.8 Å². The molecule has 0 fully saturated rings. The molecule has 4 rings (SSSR count). The summed E-state index contributed by atoms with van der Waals surface area (Å²) in [6, 6.07) is 15.0. The molecule has 0 aliphatic carbocycles. The Morgan fingerprint density at radius 2 is 2.04 bits per heavy atom. The molecule has 4 aromatic rings. The summed E-state index contributed by atoms with van der Waals surface area (Å²) in [7, 11) is 0. The molecule has 6 nitrogen and oxygen atoms in total. The standard InChI is InChI=1S/C18H13ClN4O2/c19-14-6-2-1-4-11(14)10-21-17(24)18-22-16(23-25-18)13-5-3-7-15-12(13)8-9-20-15/h1-9,20H,10H2,(H,21,24). The van der Waals surface area contributed by atoms with Gasteiger partial charge in [-0.25, -0.2) is 0 Å². The summed E-state index contributed by atoms with van der Waals surface area (Å²) in [5.41, 5.74) is 2.58. The molecule has 2 aromatic carbocycles. The lowest BCUT2D eigenvalue weighted by Crippen LogP contribution is -2.23. The number of amides is 1. The number of rotatable bonds is 4. The highest BCUT2D eigenvalue weighted by atomic mass is 35.5. The number of hydrogen-bond donors (Lipinski definition) is 2. The molecule has 25 heavy (non-hydrogen) atoms. The van der Waals surface area contributed by atoms with Crippen LogP contribution >= 0.6 is 11.6 Å². The van der Waals surface area contributed by atoms with Crippen LogP contribution in [0.2, 0.25) is 5.02 Å². The number of halogens is 1. The fraction of sp³-hybridized carbons (Fsp3) is 0.0556. The Morgan fingerprint density at radius 3 is 2.92 bits per heavy atom. The van der Waals surface area contributed by atoms with E-state index in [-0.39, 0.29) is 12.4 Å². The molecule has 0 unspecified atom stereocenters. The first-order valence-corrected chi connectivity index (χ1v) is 8.02. The van der Waals surface area contributed by atoms with Crippen LogP contribution in [0.15, 0.2) is 59.3 Å². The summed E-state index contributed by atoms with van der Waals surface area (Å²) in [6.07, 6.45) is 1.84. The second kappa shape index (κ2) is 6.41. The normalized spacial score (nSPS) is 10.9. The third-order valence-corrected chi connectivity index (χ3v) is 4.22. The number of carbonyl (C=O) groups is 1. The van der Waals surface area contributed by atoms with Gasteiger partial charge in [0, 0.05) is 34.2 Å². The van der Waals surface area contributed by atoms with Gasteiger partial charge in [-0.05, 0) is 23.8 Å². The first kappa shape index (κ1) is 15.4. The zero-order chi connectivity index (χ0) is 17.2. The van der Waals surface area contributed by atoms with Gasteiger partial charge in [0.25, 0.3) is 0 Å². The Balaban J connectivity index is 1.54. The van der Waals surface area contributed by atoms with Crippen LogP contribution in [0.1, 0.15) is 16.2 Å². The number of fused-ring (bicyclic) bond motifs is 1. The van der Waals surface area contributed by atoms with E-state index in [2.05, 4.69) is 20.4 Å². The van der Waals surface area contributed by atoms with Crippen LogP contribution in [-0.4, -0.2) is 21.0 Å². The van der Waals surface area contributed by atoms with E-state index < -0.39 is 5.91 Å². The molecular formula is C18H13ClN4O2. The molecule has 0 aliphatic heterocycles. The van der Waals surface area contributed by atoms with E-state index in [1.54, 1.807) is 6.07 Å². The number of nitrogens with one attached hydrogen (secondary N) is 2. The minimum absolute atomic E-state index is 0.0883. The number of nitrogens with zero attached hydrogens (tertiary/aromatic N) is 2. The number of benzene rings is 2. The highest BCUT2D eigenvalue weighted by molar-refractivity contribution is 6.31. The summed E-state index contributed by atoms with van der Waals surface area (Å²) in [5.74, 6) is -0.164. The van der Waals surface area contributed by atoms with Crippen molar-refractivity contribution in [3.8, 4) is 11.4 Å². The number of H-pyrrole nitrogens is 1. The van der Waals surface area contributed by atoms with Crippen molar-refractivity contribution in [2.45, 2.75) is 6.54 Å². The molecule has 124 valence electrons. The summed E-state index contributed by atoms with van der Waals surface area (Å²) in [6.45, 7) is 0.281. The molecule has 0 spiro atoms. The topological polar surface area (TPSA) is 83.8 Å². The molecule has 2 heterocycles. The smallest absolute Gasteiger partial charge is 0.316 e. The molecule has 0 saturated heterocycles. The molecule has 0 radical (unpaired) electrons. The maximum Gasteiger partial charge on any atom is 0.316 e. The molecular weight excluding hydrogens is 340 g/mol. The van der Waals surface area contributed by atoms with Gasteiger partial charge in [0.2, 0.25) is 5.82 Å². The second-order valence-corrected chi connectivity index (χ2v) is 5.85. The third-order valence-electron chi connectivity index (χ3n) is 3.85. The monoisotopic (exact) mass is 352 g/mol. The van der Waals surface area contributed by atoms with E-state index in [1.165, 1.54) is 0 Å². The summed E-state index contributed by atoms with van der Waals surface area (Å²) in [5, 5.41) is 8.21. The minimum atomic E-state index is -0.445. The summed E-state index contributed by atoms with van der Waals surface area (Å²) >= 11 is 6.08. The van der Waals surface area contributed by atoms with E-state index in [4.69, 9.17) is 16.1 Å². The first-order chi connectivity index (χ1) is 12.2. The van der Waals surface area contributed by atoms with Gasteiger partial charge in [0.05, 0.1) is 0 Å². The predicted octanol–water partition coefficient (Wildman–Crippen LogP) is 3.80. The van der Waals surface area contributed by atoms with Gasteiger partial charge in [-0.1, -0.05) is 47.1 Å². The van der Waals surface area contributed by atoms with Gasteiger partial charge in [-0.2, -0.15) is 4.98 Å². The molecule has 0 aliphatic rings. The Labute approximate surface area is 147 Å². The van der Waals surface area contributed by atoms with Gasteiger partial charge in [0.1, 0.15) is 0 Å². The lowest BCUT2D eigenvalue weighted by atomic mass is 10.1. The summed E-state index contributed by atoms with van der Waals surface area (Å²) in [4.78, 5) is 19.6. The summed E-state index contributed by atoms with van der Waals surface area (Å²) < 4.78 is 5.11. The molecule has 2 aromatic heterocycles. The van der Waals surface area contributed by atoms with Crippen molar-refractivity contribution in [3.63, 3.8) is 0 Å². The zero-order valence-electron chi connectivity index (χ0n) is 13.0. The molecule has 7 heteroatoms. The van der Waals surface area contributed by atoms with Crippen LogP contribution in [-0.2, 0) is 6.54 Å². The largest absolute Gasteiger partial charge is 0.361 e. The van der Waals surface area contributed by atoms with Crippen molar-refractivity contribution in [2.75, 3.05) is 0 Å². The number of aromatic nitrogens is 3. The molecule has 2 N–H and O–H groups in total. The zero-order valence-corrected chi connectivity index (χ0v) is 13.7. The Hall–Kier alpha value is -3.12. The lowest BCUT2D eigenvalue weighted by Gasteiger charge is -2.04. The van der Waals surface area contributed by atoms with Crippen LogP contribution in [0.5, 0.6) is 0 Å². The van der Waals surface area contributed by atoms with Crippen LogP contribution in [0.3, 0.4) is 0 Å². The lowest BCUT2D eigenvalue weighted by molar-refractivity contribution is 0.0907. The molecule has 1 amide bonds. The molecule has 0 bridgehead atoms. The van der Waals surface area contributed by atoms with E-state index >= 15 is 0 Å². The maximum absolute atomic E-state index is 12.2. The highest BCUT2D eigenvalue weighted by Gasteiger charge is 2.17. The van der Waals surface area contributed by atoms with E-state index in [0.717, 1.165) is 22.0 Å². The second-order valence-electron chi connectivity index (χ2n) is 5.44. The number of carbonyl (C=O) groups excluding carboxylic acids is 1. The Morgan fingerprint density at radius 1 is 1.16 bits per heavy atom. The number of aromatic amines is 1. The van der Waals surface area contributed by atoms with Crippen molar-refractivity contribution >= 4 is 28.4 Å². The SMILES string of the molecule is O=C(NCc1ccccc1Cl)c1nc(-c2cccc3[nH]ccc23)no1. The van der Waals surface area contributed by atoms with Gasteiger partial charge in [0.15, 0.2) is 0 Å². The molecule has 0 atom stereocenters. The van der Waals surface area contributed by atoms with Gasteiger partial charge < -0.3 is 14.8 Å². The average molecular weight is 353 g/mol. The fourth-order valence-electron chi connectivity index (χ4n) is 2.60.